The van der Waals surface area contributed by atoms with Gasteiger partial charge in [-0.1, -0.05) is 30.3 Å². The number of amides is 2. The van der Waals surface area contributed by atoms with Gasteiger partial charge in [-0.15, -0.1) is 11.3 Å². The first-order chi connectivity index (χ1) is 15.5. The van der Waals surface area contributed by atoms with Gasteiger partial charge in [-0.05, 0) is 25.1 Å². The third-order valence-electron chi connectivity index (χ3n) is 5.76. The molecule has 4 aromatic rings. The summed E-state index contributed by atoms with van der Waals surface area (Å²) in [7, 11) is 1.57. The molecule has 32 heavy (non-hydrogen) atoms. The highest BCUT2D eigenvalue weighted by molar-refractivity contribution is 7.14. The predicted molar refractivity (Wildman–Crippen MR) is 126 cm³/mol. The van der Waals surface area contributed by atoms with Gasteiger partial charge in [0, 0.05) is 40.5 Å². The van der Waals surface area contributed by atoms with Crippen LogP contribution in [0.2, 0.25) is 0 Å². The monoisotopic (exact) mass is 446 g/mol. The molecule has 0 radical (unpaired) electrons. The maximum Gasteiger partial charge on any atom is 0.231 e. The van der Waals surface area contributed by atoms with Crippen molar-refractivity contribution in [1.29, 1.82) is 0 Å². The van der Waals surface area contributed by atoms with Crippen LogP contribution < -0.4 is 15.0 Å². The Morgan fingerprint density at radius 1 is 1.22 bits per heavy atom. The molecule has 0 aliphatic carbocycles. The summed E-state index contributed by atoms with van der Waals surface area (Å²) in [6.07, 6.45) is 0.156. The molecule has 0 spiro atoms. The van der Waals surface area contributed by atoms with Gasteiger partial charge in [-0.2, -0.15) is 0 Å². The van der Waals surface area contributed by atoms with Crippen molar-refractivity contribution < 1.29 is 14.3 Å². The highest BCUT2D eigenvalue weighted by atomic mass is 32.1. The van der Waals surface area contributed by atoms with E-state index in [0.29, 0.717) is 23.1 Å². The van der Waals surface area contributed by atoms with Crippen molar-refractivity contribution in [3.63, 3.8) is 0 Å². The third kappa shape index (κ3) is 3.52. The lowest BCUT2D eigenvalue weighted by Gasteiger charge is -2.19. The van der Waals surface area contributed by atoms with E-state index in [-0.39, 0.29) is 18.2 Å². The van der Waals surface area contributed by atoms with Crippen LogP contribution >= 0.6 is 11.3 Å². The Hall–Kier alpha value is -3.65. The van der Waals surface area contributed by atoms with Crippen LogP contribution in [0.1, 0.15) is 12.1 Å². The number of H-pyrrole nitrogens is 1. The average molecular weight is 447 g/mol. The van der Waals surface area contributed by atoms with Gasteiger partial charge in [0.25, 0.3) is 0 Å². The van der Waals surface area contributed by atoms with E-state index in [9.17, 15) is 9.59 Å². The summed E-state index contributed by atoms with van der Waals surface area (Å²) < 4.78 is 5.37. The van der Waals surface area contributed by atoms with E-state index in [0.717, 1.165) is 27.9 Å². The lowest BCUT2D eigenvalue weighted by Crippen LogP contribution is -2.28. The smallest absolute Gasteiger partial charge is 0.231 e. The predicted octanol–water partition coefficient (Wildman–Crippen LogP) is 4.60. The van der Waals surface area contributed by atoms with E-state index in [1.54, 1.807) is 18.1 Å². The molecule has 8 heteroatoms. The number of carbonyl (C=O) groups is 2. The fraction of sp³-hybridized carbons (Fsp3) is 0.208. The number of hydrogen-bond acceptors (Lipinski definition) is 5. The van der Waals surface area contributed by atoms with E-state index in [1.165, 1.54) is 11.3 Å². The quantitative estimate of drug-likeness (QED) is 0.469. The van der Waals surface area contributed by atoms with Crippen LogP contribution in [0.3, 0.4) is 0 Å². The van der Waals surface area contributed by atoms with Crippen molar-refractivity contribution in [2.45, 2.75) is 13.3 Å². The molecule has 2 aromatic carbocycles. The number of thiazole rings is 1. The van der Waals surface area contributed by atoms with Gasteiger partial charge in [-0.3, -0.25) is 9.59 Å². The van der Waals surface area contributed by atoms with Gasteiger partial charge >= 0.3 is 0 Å². The van der Waals surface area contributed by atoms with E-state index >= 15 is 0 Å². The first kappa shape index (κ1) is 20.3. The molecule has 7 nitrogen and oxygen atoms in total. The largest absolute Gasteiger partial charge is 0.495 e. The van der Waals surface area contributed by atoms with Crippen LogP contribution in [-0.2, 0) is 9.59 Å². The fourth-order valence-electron chi connectivity index (χ4n) is 4.23. The molecule has 2 N–H and O–H groups in total. The number of rotatable bonds is 5. The maximum atomic E-state index is 12.9. The van der Waals surface area contributed by atoms with Crippen molar-refractivity contribution in [3.8, 4) is 17.0 Å². The molecule has 2 amide bonds. The number of methoxy groups -OCH3 is 1. The summed E-state index contributed by atoms with van der Waals surface area (Å²) in [6, 6.07) is 15.4. The SMILES string of the molecule is COc1ccccc1N1CC(C(=O)Nc2nc(-c3c(C)[nH]c4ccccc34)cs2)CC1=O. The number of hydrogen-bond donors (Lipinski definition) is 2. The number of ether oxygens (including phenoxy) is 1. The number of anilines is 2. The second-order valence-corrected chi connectivity index (χ2v) is 8.63. The van der Waals surface area contributed by atoms with Gasteiger partial charge in [0.2, 0.25) is 11.8 Å². The molecule has 0 saturated carbocycles. The number of aromatic amines is 1. The summed E-state index contributed by atoms with van der Waals surface area (Å²) >= 11 is 1.38. The van der Waals surface area contributed by atoms with Crippen LogP contribution in [0, 0.1) is 12.8 Å². The minimum atomic E-state index is -0.449. The number of para-hydroxylation sites is 3. The zero-order valence-corrected chi connectivity index (χ0v) is 18.5. The standard InChI is InChI=1S/C24H22N4O3S/c1-14-22(16-7-3-4-8-17(16)25-14)18-13-32-24(26-18)27-23(30)15-11-21(29)28(12-15)19-9-5-6-10-20(19)31-2/h3-10,13,15,25H,11-12H2,1-2H3,(H,26,27,30). The van der Waals surface area contributed by atoms with E-state index in [4.69, 9.17) is 4.74 Å². The van der Waals surface area contributed by atoms with Crippen molar-refractivity contribution in [3.05, 3.63) is 59.6 Å². The number of nitrogens with one attached hydrogen (secondary N) is 2. The Morgan fingerprint density at radius 3 is 2.84 bits per heavy atom. The highest BCUT2D eigenvalue weighted by Gasteiger charge is 2.36. The lowest BCUT2D eigenvalue weighted by molar-refractivity contribution is -0.122. The molecule has 1 saturated heterocycles. The average Bonchev–Trinajstić information content (AvgIpc) is 3.49. The number of aryl methyl sites for hydroxylation is 1. The summed E-state index contributed by atoms with van der Waals surface area (Å²) in [4.78, 5) is 35.2. The topological polar surface area (TPSA) is 87.3 Å². The molecule has 3 heterocycles. The van der Waals surface area contributed by atoms with Crippen LogP contribution in [0.5, 0.6) is 5.75 Å². The van der Waals surface area contributed by atoms with Crippen LogP contribution in [0.25, 0.3) is 22.2 Å². The van der Waals surface area contributed by atoms with Crippen LogP contribution in [-0.4, -0.2) is 35.4 Å². The normalized spacial score (nSPS) is 16.0. The first-order valence-electron chi connectivity index (χ1n) is 10.3. The van der Waals surface area contributed by atoms with Crippen LogP contribution in [0.15, 0.2) is 53.9 Å². The Morgan fingerprint density at radius 2 is 2.00 bits per heavy atom. The van der Waals surface area contributed by atoms with Gasteiger partial charge in [-0.25, -0.2) is 4.98 Å². The third-order valence-corrected chi connectivity index (χ3v) is 6.51. The van der Waals surface area contributed by atoms with Gasteiger partial charge < -0.3 is 19.9 Å². The zero-order chi connectivity index (χ0) is 22.2. The summed E-state index contributed by atoms with van der Waals surface area (Å²) in [5.74, 6) is -0.133. The van der Waals surface area contributed by atoms with Crippen molar-refractivity contribution in [1.82, 2.24) is 9.97 Å². The van der Waals surface area contributed by atoms with Crippen molar-refractivity contribution in [2.24, 2.45) is 5.92 Å². The number of benzene rings is 2. The zero-order valence-electron chi connectivity index (χ0n) is 17.7. The van der Waals surface area contributed by atoms with Crippen LogP contribution in [0.4, 0.5) is 10.8 Å². The molecule has 0 bridgehead atoms. The molecule has 1 unspecified atom stereocenters. The second-order valence-electron chi connectivity index (χ2n) is 7.77. The van der Waals surface area contributed by atoms with Gasteiger partial charge in [0.15, 0.2) is 5.13 Å². The van der Waals surface area contributed by atoms with Crippen molar-refractivity contribution >= 4 is 44.9 Å². The molecule has 1 atom stereocenters. The molecular weight excluding hydrogens is 424 g/mol. The van der Waals surface area contributed by atoms with Gasteiger partial charge in [0.05, 0.1) is 24.4 Å². The molecule has 1 aliphatic heterocycles. The van der Waals surface area contributed by atoms with Crippen molar-refractivity contribution in [2.75, 3.05) is 23.9 Å². The molecule has 1 fully saturated rings. The minimum absolute atomic E-state index is 0.0936. The van der Waals surface area contributed by atoms with E-state index in [1.807, 2.05) is 48.7 Å². The highest BCUT2D eigenvalue weighted by Crippen LogP contribution is 2.35. The number of fused-ring (bicyclic) bond motifs is 1. The molecule has 162 valence electrons. The first-order valence-corrected chi connectivity index (χ1v) is 11.2. The molecule has 2 aromatic heterocycles. The summed E-state index contributed by atoms with van der Waals surface area (Å²) in [5.41, 5.74) is 4.62. The van der Waals surface area contributed by atoms with E-state index in [2.05, 4.69) is 21.4 Å². The number of carbonyl (C=O) groups excluding carboxylic acids is 2. The Bertz CT molecular complexity index is 1330. The number of aromatic nitrogens is 2. The molecular formula is C24H22N4O3S. The van der Waals surface area contributed by atoms with Gasteiger partial charge in [0.1, 0.15) is 5.75 Å². The lowest BCUT2D eigenvalue weighted by atomic mass is 10.1. The van der Waals surface area contributed by atoms with E-state index < -0.39 is 5.92 Å². The molecule has 1 aliphatic rings. The number of nitrogens with zero attached hydrogens (tertiary/aromatic N) is 2. The Labute approximate surface area is 189 Å². The minimum Gasteiger partial charge on any atom is -0.495 e. The summed E-state index contributed by atoms with van der Waals surface area (Å²) in [5, 5.41) is 6.47. The Kier molecular flexibility index (Phi) is 5.14. The molecule has 5 rings (SSSR count). The summed E-state index contributed by atoms with van der Waals surface area (Å²) in [6.45, 7) is 2.33. The Balaban J connectivity index is 1.33. The maximum absolute atomic E-state index is 12.9. The second kappa shape index (κ2) is 8.12. The fourth-order valence-corrected chi connectivity index (χ4v) is 4.93.